The van der Waals surface area contributed by atoms with Gasteiger partial charge in [0.25, 0.3) is 5.89 Å². The summed E-state index contributed by atoms with van der Waals surface area (Å²) in [5, 5.41) is 4.87. The summed E-state index contributed by atoms with van der Waals surface area (Å²) in [6, 6.07) is 12.0. The number of hydrogen-bond donors (Lipinski definition) is 1. The molecule has 1 aliphatic rings. The zero-order valence-electron chi connectivity index (χ0n) is 17.3. The summed E-state index contributed by atoms with van der Waals surface area (Å²) in [5.41, 5.74) is 6.48. The van der Waals surface area contributed by atoms with Crippen molar-refractivity contribution in [2.45, 2.75) is 33.1 Å². The first-order valence-corrected chi connectivity index (χ1v) is 10.2. The van der Waals surface area contributed by atoms with Crippen LogP contribution >= 0.6 is 0 Å². The Morgan fingerprint density at radius 3 is 2.74 bits per heavy atom. The predicted octanol–water partition coefficient (Wildman–Crippen LogP) is 4.70. The molecule has 0 bridgehead atoms. The van der Waals surface area contributed by atoms with Crippen molar-refractivity contribution in [3.8, 4) is 11.6 Å². The van der Waals surface area contributed by atoms with Crippen molar-refractivity contribution in [2.24, 2.45) is 4.99 Å². The minimum absolute atomic E-state index is 0.0999. The van der Waals surface area contributed by atoms with Gasteiger partial charge in [-0.05, 0) is 61.7 Å². The van der Waals surface area contributed by atoms with Crippen LogP contribution in [0.5, 0.6) is 0 Å². The Balaban J connectivity index is 1.36. The van der Waals surface area contributed by atoms with Crippen LogP contribution in [0.25, 0.3) is 28.2 Å². The Hall–Kier alpha value is -3.87. The zero-order chi connectivity index (χ0) is 21.4. The molecule has 1 N–H and O–H groups in total. The summed E-state index contributed by atoms with van der Waals surface area (Å²) in [6.07, 6.45) is 5.25. The number of benzene rings is 1. The molecular formula is C24H21N5O2. The number of nitrogens with zero attached hydrogens (tertiary/aromatic N) is 4. The van der Waals surface area contributed by atoms with Crippen LogP contribution in [0.3, 0.4) is 0 Å². The number of carbonyl (C=O) groups excluding carboxylic acids is 1. The lowest BCUT2D eigenvalue weighted by molar-refractivity contribution is -0.113. The van der Waals surface area contributed by atoms with Gasteiger partial charge in [0.15, 0.2) is 11.6 Å². The molecule has 1 aromatic carbocycles. The summed E-state index contributed by atoms with van der Waals surface area (Å²) in [4.78, 5) is 29.0. The number of fused-ring (bicyclic) bond motifs is 1. The van der Waals surface area contributed by atoms with Crippen molar-refractivity contribution in [2.75, 3.05) is 0 Å². The second-order valence-corrected chi connectivity index (χ2v) is 7.77. The number of aromatic nitrogens is 4. The summed E-state index contributed by atoms with van der Waals surface area (Å²) < 4.78 is 5.26. The minimum atomic E-state index is 0.0999. The van der Waals surface area contributed by atoms with Crippen molar-refractivity contribution in [1.29, 1.82) is 0 Å². The molecule has 0 fully saturated rings. The lowest BCUT2D eigenvalue weighted by atomic mass is 10.0. The van der Waals surface area contributed by atoms with E-state index in [9.17, 15) is 4.79 Å². The molecular weight excluding hydrogens is 390 g/mol. The van der Waals surface area contributed by atoms with E-state index >= 15 is 0 Å². The maximum Gasteiger partial charge on any atom is 0.274 e. The number of aromatic amines is 1. The Morgan fingerprint density at radius 2 is 1.97 bits per heavy atom. The smallest absolute Gasteiger partial charge is 0.274 e. The SMILES string of the molecule is CC1=C(c2ccc3[nH]c(-c4nc(C)no4)cc3c2)N=C(C(=O)CCc2ccncc2)C1. The van der Waals surface area contributed by atoms with E-state index in [2.05, 4.69) is 26.2 Å². The molecule has 4 aromatic rings. The van der Waals surface area contributed by atoms with Gasteiger partial charge in [-0.15, -0.1) is 0 Å². The number of rotatable bonds is 6. The fraction of sp³-hybridized carbons (Fsp3) is 0.208. The van der Waals surface area contributed by atoms with E-state index in [4.69, 9.17) is 9.52 Å². The molecule has 3 aromatic heterocycles. The molecule has 0 amide bonds. The molecule has 154 valence electrons. The average molecular weight is 411 g/mol. The second kappa shape index (κ2) is 7.75. The topological polar surface area (TPSA) is 97.0 Å². The molecule has 5 rings (SSSR count). The van der Waals surface area contributed by atoms with E-state index in [0.29, 0.717) is 36.7 Å². The number of pyridine rings is 1. The monoisotopic (exact) mass is 411 g/mol. The Bertz CT molecular complexity index is 1340. The number of Topliss-reactive ketones (excluding diaryl/α,β-unsaturated/α-hetero) is 1. The molecule has 0 saturated heterocycles. The number of aliphatic imine (C=N–C) groups is 1. The highest BCUT2D eigenvalue weighted by Crippen LogP contribution is 2.32. The minimum Gasteiger partial charge on any atom is -0.351 e. The van der Waals surface area contributed by atoms with Crippen molar-refractivity contribution >= 4 is 28.1 Å². The summed E-state index contributed by atoms with van der Waals surface area (Å²) in [6.45, 7) is 3.83. The van der Waals surface area contributed by atoms with E-state index in [1.807, 2.05) is 37.3 Å². The highest BCUT2D eigenvalue weighted by Gasteiger charge is 2.22. The number of allylic oxidation sites excluding steroid dienone is 1. The highest BCUT2D eigenvalue weighted by molar-refractivity contribution is 6.42. The molecule has 0 saturated carbocycles. The molecule has 1 aliphatic heterocycles. The van der Waals surface area contributed by atoms with E-state index in [0.717, 1.165) is 39.0 Å². The Morgan fingerprint density at radius 1 is 1.13 bits per heavy atom. The van der Waals surface area contributed by atoms with Gasteiger partial charge in [0, 0.05) is 41.7 Å². The van der Waals surface area contributed by atoms with Crippen LogP contribution in [-0.2, 0) is 11.2 Å². The lowest BCUT2D eigenvalue weighted by Crippen LogP contribution is -2.12. The molecule has 0 aliphatic carbocycles. The van der Waals surface area contributed by atoms with Crippen LogP contribution in [0.1, 0.15) is 36.7 Å². The van der Waals surface area contributed by atoms with Crippen LogP contribution in [0.2, 0.25) is 0 Å². The Kier molecular flexibility index (Phi) is 4.78. The number of ketones is 1. The first kappa shape index (κ1) is 19.1. The van der Waals surface area contributed by atoms with Crippen molar-refractivity contribution in [3.63, 3.8) is 0 Å². The van der Waals surface area contributed by atoms with E-state index < -0.39 is 0 Å². The number of nitrogens with one attached hydrogen (secondary N) is 1. The first-order chi connectivity index (χ1) is 15.1. The number of carbonyl (C=O) groups is 1. The number of aryl methyl sites for hydroxylation is 2. The van der Waals surface area contributed by atoms with Crippen LogP contribution < -0.4 is 0 Å². The molecule has 7 nitrogen and oxygen atoms in total. The van der Waals surface area contributed by atoms with Gasteiger partial charge < -0.3 is 9.51 Å². The van der Waals surface area contributed by atoms with E-state index in [1.165, 1.54) is 0 Å². The predicted molar refractivity (Wildman–Crippen MR) is 119 cm³/mol. The average Bonchev–Trinajstić information content (AvgIpc) is 3.50. The summed E-state index contributed by atoms with van der Waals surface area (Å²) in [7, 11) is 0. The van der Waals surface area contributed by atoms with E-state index in [-0.39, 0.29) is 5.78 Å². The molecule has 0 unspecified atom stereocenters. The van der Waals surface area contributed by atoms with Crippen LogP contribution in [0.4, 0.5) is 0 Å². The number of hydrogen-bond acceptors (Lipinski definition) is 6. The molecule has 7 heteroatoms. The van der Waals surface area contributed by atoms with Crippen molar-refractivity contribution < 1.29 is 9.32 Å². The standard InChI is InChI=1S/C24H21N5O2/c1-14-11-20(22(30)6-3-16-7-9-25-10-8-16)28-23(14)17-4-5-19-18(12-17)13-21(27-19)24-26-15(2)29-31-24/h4-5,7-10,12-13,27H,3,6,11H2,1-2H3. The Labute approximate surface area is 178 Å². The summed E-state index contributed by atoms with van der Waals surface area (Å²) >= 11 is 0. The maximum absolute atomic E-state index is 12.7. The van der Waals surface area contributed by atoms with Gasteiger partial charge in [-0.3, -0.25) is 9.78 Å². The largest absolute Gasteiger partial charge is 0.351 e. The lowest BCUT2D eigenvalue weighted by Gasteiger charge is -2.02. The van der Waals surface area contributed by atoms with Gasteiger partial charge in [0.05, 0.1) is 11.4 Å². The third-order valence-electron chi connectivity index (χ3n) is 5.45. The van der Waals surface area contributed by atoms with Gasteiger partial charge in [-0.25, -0.2) is 4.99 Å². The third kappa shape index (κ3) is 3.82. The fourth-order valence-electron chi connectivity index (χ4n) is 3.83. The molecule has 0 radical (unpaired) electrons. The van der Waals surface area contributed by atoms with Gasteiger partial charge >= 0.3 is 0 Å². The van der Waals surface area contributed by atoms with Crippen LogP contribution in [0.15, 0.2) is 63.9 Å². The van der Waals surface area contributed by atoms with Gasteiger partial charge in [0.1, 0.15) is 5.69 Å². The van der Waals surface area contributed by atoms with Crippen molar-refractivity contribution in [3.05, 3.63) is 71.3 Å². The molecule has 31 heavy (non-hydrogen) atoms. The van der Waals surface area contributed by atoms with Crippen LogP contribution in [-0.4, -0.2) is 31.6 Å². The van der Waals surface area contributed by atoms with Crippen LogP contribution in [0, 0.1) is 6.92 Å². The van der Waals surface area contributed by atoms with Gasteiger partial charge in [-0.1, -0.05) is 11.2 Å². The quantitative estimate of drug-likeness (QED) is 0.496. The van der Waals surface area contributed by atoms with Gasteiger partial charge in [0.2, 0.25) is 0 Å². The first-order valence-electron chi connectivity index (χ1n) is 10.2. The van der Waals surface area contributed by atoms with Crippen molar-refractivity contribution in [1.82, 2.24) is 20.1 Å². The fourth-order valence-corrected chi connectivity index (χ4v) is 3.83. The van der Waals surface area contributed by atoms with E-state index in [1.54, 1.807) is 19.3 Å². The normalized spacial score (nSPS) is 13.8. The molecule has 4 heterocycles. The van der Waals surface area contributed by atoms with Gasteiger partial charge in [-0.2, -0.15) is 4.98 Å². The molecule has 0 atom stereocenters. The summed E-state index contributed by atoms with van der Waals surface area (Å²) in [5.74, 6) is 1.16. The molecule has 0 spiro atoms. The maximum atomic E-state index is 12.7. The zero-order valence-corrected chi connectivity index (χ0v) is 17.3. The third-order valence-corrected chi connectivity index (χ3v) is 5.45. The number of H-pyrrole nitrogens is 1. The highest BCUT2D eigenvalue weighted by atomic mass is 16.5. The second-order valence-electron chi connectivity index (χ2n) is 7.77.